The Labute approximate surface area is 160 Å². The van der Waals surface area contributed by atoms with Crippen LogP contribution in [-0.4, -0.2) is 41.9 Å². The van der Waals surface area contributed by atoms with Crippen molar-refractivity contribution in [2.45, 2.75) is 61.5 Å². The summed E-state index contributed by atoms with van der Waals surface area (Å²) in [6.45, 7) is -0.114. The second-order valence-corrected chi connectivity index (χ2v) is 6.76. The Morgan fingerprint density at radius 1 is 0.690 bits per heavy atom. The lowest BCUT2D eigenvalue weighted by atomic mass is 9.90. The summed E-state index contributed by atoms with van der Waals surface area (Å²) in [6, 6.07) is 7.88. The topological polar surface area (TPSA) is 26.3 Å². The summed E-state index contributed by atoms with van der Waals surface area (Å²) in [6.07, 6.45) is -2.60. The number of hydrogen-bond donors (Lipinski definition) is 0. The summed E-state index contributed by atoms with van der Waals surface area (Å²) in [7, 11) is 0. The van der Waals surface area contributed by atoms with Gasteiger partial charge in [-0.2, -0.15) is 35.1 Å². The quantitative estimate of drug-likeness (QED) is 0.282. The van der Waals surface area contributed by atoms with Gasteiger partial charge in [0.15, 0.2) is 0 Å². The van der Waals surface area contributed by atoms with Gasteiger partial charge in [0.25, 0.3) is 0 Å². The molecule has 0 spiro atoms. The molecule has 0 bridgehead atoms. The number of carbonyl (C=O) groups is 1. The fraction of sp³-hybridized carbons (Fsp3) is 0.611. The second-order valence-electron chi connectivity index (χ2n) is 6.76. The molecular formula is C18H17F9O2. The zero-order chi connectivity index (χ0) is 22.1. The first kappa shape index (κ1) is 23.3. The molecule has 1 fully saturated rings. The van der Waals surface area contributed by atoms with E-state index in [9.17, 15) is 44.3 Å². The Morgan fingerprint density at radius 3 is 1.69 bits per heavy atom. The minimum absolute atomic E-state index is 0.0854. The van der Waals surface area contributed by atoms with Gasteiger partial charge >= 0.3 is 29.7 Å². The van der Waals surface area contributed by atoms with Crippen LogP contribution in [0.1, 0.15) is 42.5 Å². The Hall–Kier alpha value is -1.94. The monoisotopic (exact) mass is 436 g/mol. The molecule has 164 valence electrons. The minimum atomic E-state index is -6.52. The fourth-order valence-electron chi connectivity index (χ4n) is 3.05. The summed E-state index contributed by atoms with van der Waals surface area (Å²) >= 11 is 0. The highest BCUT2D eigenvalue weighted by Crippen LogP contribution is 2.70. The zero-order valence-corrected chi connectivity index (χ0v) is 14.8. The molecule has 2 rings (SSSR count). The van der Waals surface area contributed by atoms with Gasteiger partial charge in [0.1, 0.15) is 0 Å². The van der Waals surface area contributed by atoms with Crippen LogP contribution in [0.3, 0.4) is 0 Å². The van der Waals surface area contributed by atoms with Crippen LogP contribution < -0.4 is 0 Å². The molecule has 11 heteroatoms. The smallest absolute Gasteiger partial charge is 0.381 e. The van der Waals surface area contributed by atoms with Crippen LogP contribution in [0.2, 0.25) is 0 Å². The molecule has 1 aliphatic rings. The first-order valence-corrected chi connectivity index (χ1v) is 8.66. The fourth-order valence-corrected chi connectivity index (χ4v) is 3.05. The first-order valence-electron chi connectivity index (χ1n) is 8.66. The number of hydrogen-bond acceptors (Lipinski definition) is 2. The van der Waals surface area contributed by atoms with Crippen molar-refractivity contribution >= 4 is 5.97 Å². The van der Waals surface area contributed by atoms with E-state index in [1.54, 1.807) is 18.2 Å². The molecular weight excluding hydrogens is 419 g/mol. The molecule has 1 saturated carbocycles. The van der Waals surface area contributed by atoms with Gasteiger partial charge in [-0.3, -0.25) is 0 Å². The van der Waals surface area contributed by atoms with E-state index in [0.717, 1.165) is 0 Å². The molecule has 2 nitrogen and oxygen atoms in total. The summed E-state index contributed by atoms with van der Waals surface area (Å²) in [5.41, 5.74) is -5.10. The lowest BCUT2D eigenvalue weighted by Crippen LogP contribution is -2.54. The number of ether oxygens (including phenoxy) is 1. The van der Waals surface area contributed by atoms with Crippen LogP contribution in [0.5, 0.6) is 0 Å². The maximum absolute atomic E-state index is 14.2. The van der Waals surface area contributed by atoms with Crippen molar-refractivity contribution in [3.63, 3.8) is 0 Å². The van der Waals surface area contributed by atoms with Crippen LogP contribution in [0, 0.1) is 0 Å². The highest BCUT2D eigenvalue weighted by Gasteiger charge is 2.99. The molecule has 0 heterocycles. The van der Waals surface area contributed by atoms with Crippen LogP contribution in [0.4, 0.5) is 39.5 Å². The van der Waals surface area contributed by atoms with Gasteiger partial charge in [0.05, 0.1) is 12.2 Å². The maximum Gasteiger partial charge on any atom is 0.381 e. The van der Waals surface area contributed by atoms with Gasteiger partial charge in [0.2, 0.25) is 5.67 Å². The van der Waals surface area contributed by atoms with Crippen LogP contribution in [0.25, 0.3) is 0 Å². The minimum Gasteiger partial charge on any atom is -0.462 e. The number of alkyl halides is 9. The number of halogens is 9. The van der Waals surface area contributed by atoms with Crippen molar-refractivity contribution in [1.82, 2.24) is 0 Å². The van der Waals surface area contributed by atoms with Crippen LogP contribution in [0.15, 0.2) is 30.3 Å². The molecule has 29 heavy (non-hydrogen) atoms. The molecule has 1 aliphatic carbocycles. The molecule has 1 aromatic rings. The van der Waals surface area contributed by atoms with Crippen molar-refractivity contribution in [2.24, 2.45) is 0 Å². The van der Waals surface area contributed by atoms with Crippen LogP contribution in [-0.2, 0) is 4.74 Å². The molecule has 0 atom stereocenters. The lowest BCUT2D eigenvalue weighted by molar-refractivity contribution is -0.303. The Balaban J connectivity index is 1.83. The van der Waals surface area contributed by atoms with Gasteiger partial charge in [0, 0.05) is 0 Å². The summed E-state index contributed by atoms with van der Waals surface area (Å²) in [5.74, 6) is -26.2. The summed E-state index contributed by atoms with van der Waals surface area (Å²) in [5, 5.41) is 0. The van der Waals surface area contributed by atoms with Crippen molar-refractivity contribution in [2.75, 3.05) is 6.61 Å². The predicted octanol–water partition coefficient (Wildman–Crippen LogP) is 6.06. The van der Waals surface area contributed by atoms with Gasteiger partial charge in [-0.05, 0) is 31.4 Å². The average Bonchev–Trinajstić information content (AvgIpc) is 2.70. The SMILES string of the molecule is O=C(OCCCCCCC1(F)C(F)(F)C(F)(F)C(F)(F)C1(F)F)c1ccccc1. The van der Waals surface area contributed by atoms with E-state index in [0.29, 0.717) is 0 Å². The zero-order valence-electron chi connectivity index (χ0n) is 14.8. The van der Waals surface area contributed by atoms with Crippen molar-refractivity contribution < 1.29 is 49.0 Å². The van der Waals surface area contributed by atoms with E-state index in [1.165, 1.54) is 12.1 Å². The molecule has 0 unspecified atom stereocenters. The summed E-state index contributed by atoms with van der Waals surface area (Å²) in [4.78, 5) is 11.6. The normalized spacial score (nSPS) is 22.9. The molecule has 0 aromatic heterocycles. The third-order valence-corrected chi connectivity index (χ3v) is 4.84. The van der Waals surface area contributed by atoms with Gasteiger partial charge in [-0.25, -0.2) is 9.18 Å². The van der Waals surface area contributed by atoms with Gasteiger partial charge in [-0.15, -0.1) is 0 Å². The van der Waals surface area contributed by atoms with Gasteiger partial charge in [-0.1, -0.05) is 31.0 Å². The Morgan fingerprint density at radius 2 is 1.17 bits per heavy atom. The van der Waals surface area contributed by atoms with E-state index in [2.05, 4.69) is 0 Å². The molecule has 1 aromatic carbocycles. The summed E-state index contributed by atoms with van der Waals surface area (Å²) < 4.78 is 126. The number of esters is 1. The number of carbonyl (C=O) groups excluding carboxylic acids is 1. The third kappa shape index (κ3) is 3.46. The van der Waals surface area contributed by atoms with E-state index in [-0.39, 0.29) is 31.4 Å². The largest absolute Gasteiger partial charge is 0.462 e. The molecule has 0 aliphatic heterocycles. The average molecular weight is 436 g/mol. The highest BCUT2D eigenvalue weighted by atomic mass is 19.4. The lowest BCUT2D eigenvalue weighted by Gasteiger charge is -2.30. The standard InChI is InChI=1S/C18H17F9O2/c19-14(15(20,21)17(24,25)18(26,27)16(14,22)23)10-6-1-2-7-11-29-13(28)12-8-4-3-5-9-12/h3-5,8-9H,1-2,6-7,10-11H2. The molecule has 0 amide bonds. The number of rotatable bonds is 8. The van der Waals surface area contributed by atoms with Gasteiger partial charge < -0.3 is 4.74 Å². The van der Waals surface area contributed by atoms with Crippen molar-refractivity contribution in [3.8, 4) is 0 Å². The van der Waals surface area contributed by atoms with Crippen molar-refractivity contribution in [3.05, 3.63) is 35.9 Å². The molecule has 0 radical (unpaired) electrons. The van der Waals surface area contributed by atoms with Crippen LogP contribution >= 0.6 is 0 Å². The second kappa shape index (κ2) is 7.71. The van der Waals surface area contributed by atoms with Crippen molar-refractivity contribution in [1.29, 1.82) is 0 Å². The first-order chi connectivity index (χ1) is 13.2. The molecule has 0 N–H and O–H groups in total. The number of benzene rings is 1. The maximum atomic E-state index is 14.2. The third-order valence-electron chi connectivity index (χ3n) is 4.84. The van der Waals surface area contributed by atoms with E-state index < -0.39 is 48.2 Å². The Bertz CT molecular complexity index is 693. The van der Waals surface area contributed by atoms with E-state index in [1.807, 2.05) is 0 Å². The van der Waals surface area contributed by atoms with E-state index >= 15 is 0 Å². The van der Waals surface area contributed by atoms with E-state index in [4.69, 9.17) is 4.74 Å². The molecule has 0 saturated heterocycles. The highest BCUT2D eigenvalue weighted by molar-refractivity contribution is 5.89. The Kier molecular flexibility index (Phi) is 6.21. The predicted molar refractivity (Wildman–Crippen MR) is 83.4 cm³/mol. The number of unbranched alkanes of at least 4 members (excludes halogenated alkanes) is 3.